The van der Waals surface area contributed by atoms with E-state index in [-0.39, 0.29) is 0 Å². The van der Waals surface area contributed by atoms with Gasteiger partial charge in [0, 0.05) is 6.42 Å². The van der Waals surface area contributed by atoms with E-state index >= 15 is 0 Å². The summed E-state index contributed by atoms with van der Waals surface area (Å²) < 4.78 is 0. The third-order valence-corrected chi connectivity index (χ3v) is 6.83. The van der Waals surface area contributed by atoms with Gasteiger partial charge in [0.05, 0.1) is 5.60 Å². The molecule has 2 heteroatoms. The van der Waals surface area contributed by atoms with Crippen molar-refractivity contribution in [3.8, 4) is 12.3 Å². The largest absolute Gasteiger partial charge is 0.389 e. The van der Waals surface area contributed by atoms with E-state index < -0.39 is 5.60 Å². The van der Waals surface area contributed by atoms with Gasteiger partial charge in [-0.2, -0.15) is 0 Å². The van der Waals surface area contributed by atoms with Crippen LogP contribution in [0.25, 0.3) is 0 Å². The van der Waals surface area contributed by atoms with E-state index in [0.717, 1.165) is 32.1 Å². The molecule has 0 bridgehead atoms. The minimum absolute atomic E-state index is 0.329. The van der Waals surface area contributed by atoms with E-state index in [4.69, 9.17) is 6.42 Å². The number of fused-ring (bicyclic) bond motifs is 1. The van der Waals surface area contributed by atoms with Crippen LogP contribution < -0.4 is 0 Å². The van der Waals surface area contributed by atoms with Crippen LogP contribution in [0.4, 0.5) is 0 Å². The molecule has 0 aromatic heterocycles. The van der Waals surface area contributed by atoms with Gasteiger partial charge in [0.1, 0.15) is 0 Å². The normalized spacial score (nSPS) is 38.2. The number of rotatable bonds is 7. The van der Waals surface area contributed by atoms with Gasteiger partial charge in [0.25, 0.3) is 0 Å². The van der Waals surface area contributed by atoms with Gasteiger partial charge >= 0.3 is 0 Å². The van der Waals surface area contributed by atoms with Crippen LogP contribution in [-0.2, 0) is 0 Å². The van der Waals surface area contributed by atoms with Crippen LogP contribution in [0.2, 0.25) is 0 Å². The molecule has 3 unspecified atom stereocenters. The van der Waals surface area contributed by atoms with E-state index in [9.17, 15) is 5.11 Å². The zero-order valence-electron chi connectivity index (χ0n) is 14.6. The van der Waals surface area contributed by atoms with Crippen LogP contribution in [0.5, 0.6) is 0 Å². The zero-order valence-corrected chi connectivity index (χ0v) is 15.8. The average Bonchev–Trinajstić information content (AvgIpc) is 2.92. The summed E-state index contributed by atoms with van der Waals surface area (Å²) in [4.78, 5) is 0. The number of hydrogen-bond acceptors (Lipinski definition) is 1. The van der Waals surface area contributed by atoms with E-state index in [0.29, 0.717) is 23.2 Å². The molecule has 0 radical (unpaired) electrons. The molecule has 2 fully saturated rings. The van der Waals surface area contributed by atoms with Crippen LogP contribution in [-0.4, -0.2) is 10.7 Å². The Labute approximate surface area is 145 Å². The molecule has 1 nitrogen and oxygen atoms in total. The summed E-state index contributed by atoms with van der Waals surface area (Å²) in [5, 5.41) is 11.7. The lowest BCUT2D eigenvalue weighted by Crippen LogP contribution is -2.53. The van der Waals surface area contributed by atoms with Gasteiger partial charge < -0.3 is 5.11 Å². The summed E-state index contributed by atoms with van der Waals surface area (Å²) in [5.41, 5.74) is -0.251. The van der Waals surface area contributed by atoms with Crippen molar-refractivity contribution in [2.24, 2.45) is 23.2 Å². The van der Waals surface area contributed by atoms with Crippen LogP contribution in [0.1, 0.15) is 64.7 Å². The van der Waals surface area contributed by atoms with Crippen molar-refractivity contribution in [1.82, 2.24) is 0 Å². The first kappa shape index (κ1) is 18.8. The molecule has 1 N–H and O–H groups in total. The van der Waals surface area contributed by atoms with Crippen molar-refractivity contribution in [2.75, 3.05) is 0 Å². The molecule has 0 aromatic rings. The minimum Gasteiger partial charge on any atom is -0.389 e. The maximum atomic E-state index is 11.7. The summed E-state index contributed by atoms with van der Waals surface area (Å²) in [6, 6.07) is 0. The average molecular weight is 332 g/mol. The Morgan fingerprint density at radius 2 is 2.22 bits per heavy atom. The van der Waals surface area contributed by atoms with E-state index in [1.807, 2.05) is 11.9 Å². The molecular formula is C21H33OP. The molecule has 2 rings (SSSR count). The lowest BCUT2D eigenvalue weighted by atomic mass is 9.55. The van der Waals surface area contributed by atoms with E-state index in [2.05, 4.69) is 34.7 Å². The van der Waals surface area contributed by atoms with Crippen molar-refractivity contribution >= 4 is 9.24 Å². The first-order chi connectivity index (χ1) is 11.0. The Kier molecular flexibility index (Phi) is 6.53. The van der Waals surface area contributed by atoms with Gasteiger partial charge in [0.15, 0.2) is 0 Å². The Morgan fingerprint density at radius 3 is 2.87 bits per heavy atom. The smallest absolute Gasteiger partial charge is 0.0743 e. The molecule has 128 valence electrons. The third kappa shape index (κ3) is 3.92. The summed E-state index contributed by atoms with van der Waals surface area (Å²) in [5.74, 6) is 6.12. The second kappa shape index (κ2) is 8.00. The standard InChI is InChI=1S/C21H33OP/c1-4-8-17(9-7-15-23)16-18-11-14-20(3)13-6-10-19(20)21(18,22)12-5-2/h1,5,7,15,17-19,22H,2,6,8-14,16,23H2,3H3/b15-7-/t17?,18-,19?,20-,21-/m0/s1. The molecule has 0 aromatic carbocycles. The minimum atomic E-state index is -0.581. The first-order valence-electron chi connectivity index (χ1n) is 9.13. The highest BCUT2D eigenvalue weighted by Gasteiger charge is 2.56. The monoisotopic (exact) mass is 332 g/mol. The van der Waals surface area contributed by atoms with E-state index in [1.54, 1.807) is 0 Å². The molecule has 0 aliphatic heterocycles. The number of aliphatic hydroxyl groups is 1. The first-order valence-corrected chi connectivity index (χ1v) is 9.80. The van der Waals surface area contributed by atoms with Crippen LogP contribution in [0.15, 0.2) is 24.5 Å². The lowest BCUT2D eigenvalue weighted by Gasteiger charge is -2.53. The molecule has 0 heterocycles. The second-order valence-corrected chi connectivity index (χ2v) is 8.38. The predicted molar refractivity (Wildman–Crippen MR) is 103 cm³/mol. The molecule has 2 aliphatic rings. The summed E-state index contributed by atoms with van der Waals surface area (Å²) in [7, 11) is 2.63. The van der Waals surface area contributed by atoms with Gasteiger partial charge in [0.2, 0.25) is 0 Å². The zero-order chi connectivity index (χ0) is 16.9. The maximum Gasteiger partial charge on any atom is 0.0743 e. The Hall–Kier alpha value is -0.570. The predicted octanol–water partition coefficient (Wildman–Crippen LogP) is 5.32. The molecular weight excluding hydrogens is 299 g/mol. The Balaban J connectivity index is 2.18. The molecule has 0 amide bonds. The fourth-order valence-electron chi connectivity index (χ4n) is 5.39. The maximum absolute atomic E-state index is 11.7. The molecule has 0 spiro atoms. The highest BCUT2D eigenvalue weighted by Crippen LogP contribution is 2.59. The lowest BCUT2D eigenvalue weighted by molar-refractivity contribution is -0.138. The molecule has 23 heavy (non-hydrogen) atoms. The van der Waals surface area contributed by atoms with Crippen molar-refractivity contribution in [1.29, 1.82) is 0 Å². The van der Waals surface area contributed by atoms with Gasteiger partial charge in [-0.3, -0.25) is 0 Å². The highest BCUT2D eigenvalue weighted by molar-refractivity contribution is 7.20. The summed E-state index contributed by atoms with van der Waals surface area (Å²) in [6.45, 7) is 6.32. The fraction of sp³-hybridized carbons (Fsp3) is 0.714. The van der Waals surface area contributed by atoms with Gasteiger partial charge in [-0.25, -0.2) is 0 Å². The number of terminal acetylenes is 1. The fourth-order valence-corrected chi connectivity index (χ4v) is 5.55. The van der Waals surface area contributed by atoms with Gasteiger partial charge in [-0.15, -0.1) is 28.2 Å². The van der Waals surface area contributed by atoms with Gasteiger partial charge in [-0.05, 0) is 68.1 Å². The van der Waals surface area contributed by atoms with Crippen molar-refractivity contribution in [3.05, 3.63) is 24.5 Å². The quantitative estimate of drug-likeness (QED) is 0.380. The van der Waals surface area contributed by atoms with Crippen LogP contribution in [0.3, 0.4) is 0 Å². The topological polar surface area (TPSA) is 20.2 Å². The van der Waals surface area contributed by atoms with E-state index in [1.165, 1.54) is 25.7 Å². The van der Waals surface area contributed by atoms with Crippen molar-refractivity contribution < 1.29 is 5.11 Å². The van der Waals surface area contributed by atoms with Crippen LogP contribution in [0, 0.1) is 35.5 Å². The molecule has 6 atom stereocenters. The Morgan fingerprint density at radius 1 is 1.43 bits per heavy atom. The van der Waals surface area contributed by atoms with Crippen LogP contribution >= 0.6 is 9.24 Å². The summed E-state index contributed by atoms with van der Waals surface area (Å²) >= 11 is 0. The second-order valence-electron chi connectivity index (χ2n) is 7.99. The third-order valence-electron chi connectivity index (χ3n) is 6.56. The SMILES string of the molecule is C#CCC(C/C=C\P)C[C@@H]1CC[C@]2(C)CCCC2[C@]1(O)CC=C. The highest BCUT2D eigenvalue weighted by atomic mass is 31.0. The Bertz CT molecular complexity index is 477. The molecule has 2 saturated carbocycles. The summed E-state index contributed by atoms with van der Waals surface area (Å²) in [6.07, 6.45) is 19.3. The number of allylic oxidation sites excluding steroid dienone is 1. The van der Waals surface area contributed by atoms with Crippen molar-refractivity contribution in [3.63, 3.8) is 0 Å². The van der Waals surface area contributed by atoms with Gasteiger partial charge in [-0.1, -0.05) is 31.3 Å². The molecule has 2 aliphatic carbocycles. The van der Waals surface area contributed by atoms with Crippen molar-refractivity contribution in [2.45, 2.75) is 70.3 Å². The molecule has 0 saturated heterocycles. The number of hydrogen-bond donors (Lipinski definition) is 1.